The summed E-state index contributed by atoms with van der Waals surface area (Å²) in [4.78, 5) is 16.3. The normalized spacial score (nSPS) is 10.5. The molecule has 3 rings (SSSR count). The third-order valence-electron chi connectivity index (χ3n) is 3.33. The zero-order chi connectivity index (χ0) is 16.8. The molecule has 2 aromatic heterocycles. The summed E-state index contributed by atoms with van der Waals surface area (Å²) in [5.74, 6) is 0.553. The third-order valence-corrected chi connectivity index (χ3v) is 4.21. The highest BCUT2D eigenvalue weighted by atomic mass is 32.1. The fourth-order valence-electron chi connectivity index (χ4n) is 2.06. The highest BCUT2D eigenvalue weighted by molar-refractivity contribution is 7.12. The first-order valence-corrected chi connectivity index (χ1v) is 8.49. The number of carbonyl (C=O) groups is 1. The van der Waals surface area contributed by atoms with Crippen LogP contribution in [0.25, 0.3) is 5.13 Å². The van der Waals surface area contributed by atoms with Gasteiger partial charge in [0, 0.05) is 30.7 Å². The molecule has 0 radical (unpaired) electrons. The van der Waals surface area contributed by atoms with Crippen LogP contribution >= 0.6 is 11.3 Å². The molecule has 1 N–H and O–H groups in total. The SMILES string of the molecule is Cc1ccc(OCC(=O)NCCc2csc(-n3cccn3)n2)cc1. The van der Waals surface area contributed by atoms with Crippen molar-refractivity contribution in [1.29, 1.82) is 0 Å². The lowest BCUT2D eigenvalue weighted by molar-refractivity contribution is -0.123. The third kappa shape index (κ3) is 4.42. The molecular formula is C17H18N4O2S. The number of rotatable bonds is 7. The Kier molecular flexibility index (Phi) is 5.22. The van der Waals surface area contributed by atoms with Gasteiger partial charge in [0.15, 0.2) is 6.61 Å². The highest BCUT2D eigenvalue weighted by Crippen LogP contribution is 2.14. The van der Waals surface area contributed by atoms with Crippen molar-refractivity contribution >= 4 is 17.2 Å². The molecule has 24 heavy (non-hydrogen) atoms. The van der Waals surface area contributed by atoms with Gasteiger partial charge in [-0.2, -0.15) is 5.10 Å². The number of hydrogen-bond donors (Lipinski definition) is 1. The van der Waals surface area contributed by atoms with Gasteiger partial charge in [-0.1, -0.05) is 17.7 Å². The molecule has 1 amide bonds. The van der Waals surface area contributed by atoms with E-state index in [-0.39, 0.29) is 12.5 Å². The summed E-state index contributed by atoms with van der Waals surface area (Å²) in [5, 5.41) is 9.78. The predicted octanol–water partition coefficient (Wildman–Crippen LogP) is 2.37. The quantitative estimate of drug-likeness (QED) is 0.716. The van der Waals surface area contributed by atoms with Gasteiger partial charge in [-0.05, 0) is 25.1 Å². The molecular weight excluding hydrogens is 324 g/mol. The van der Waals surface area contributed by atoms with Crippen molar-refractivity contribution in [3.8, 4) is 10.9 Å². The monoisotopic (exact) mass is 342 g/mol. The molecule has 0 unspecified atom stereocenters. The molecule has 1 aromatic carbocycles. The number of nitrogens with zero attached hydrogens (tertiary/aromatic N) is 3. The van der Waals surface area contributed by atoms with Crippen molar-refractivity contribution in [1.82, 2.24) is 20.1 Å². The van der Waals surface area contributed by atoms with Gasteiger partial charge in [0.1, 0.15) is 5.75 Å². The number of hydrogen-bond acceptors (Lipinski definition) is 5. The maximum absolute atomic E-state index is 11.8. The molecule has 6 nitrogen and oxygen atoms in total. The van der Waals surface area contributed by atoms with Gasteiger partial charge < -0.3 is 10.1 Å². The topological polar surface area (TPSA) is 69.0 Å². The van der Waals surface area contributed by atoms with E-state index in [4.69, 9.17) is 4.74 Å². The lowest BCUT2D eigenvalue weighted by atomic mass is 10.2. The van der Waals surface area contributed by atoms with E-state index in [0.717, 1.165) is 16.4 Å². The van der Waals surface area contributed by atoms with Crippen molar-refractivity contribution in [3.05, 3.63) is 59.4 Å². The van der Waals surface area contributed by atoms with Crippen LogP contribution in [0, 0.1) is 6.92 Å². The zero-order valence-corrected chi connectivity index (χ0v) is 14.1. The Hall–Kier alpha value is -2.67. The van der Waals surface area contributed by atoms with Crippen molar-refractivity contribution in [2.75, 3.05) is 13.2 Å². The number of amides is 1. The summed E-state index contributed by atoms with van der Waals surface area (Å²) in [6.45, 7) is 2.55. The molecule has 2 heterocycles. The van der Waals surface area contributed by atoms with Gasteiger partial charge in [0.25, 0.3) is 5.91 Å². The maximum atomic E-state index is 11.8. The number of aryl methyl sites for hydroxylation is 1. The summed E-state index contributed by atoms with van der Waals surface area (Å²) < 4.78 is 7.17. The fraction of sp³-hybridized carbons (Fsp3) is 0.235. The molecule has 0 aliphatic carbocycles. The molecule has 0 aliphatic heterocycles. The summed E-state index contributed by atoms with van der Waals surface area (Å²) >= 11 is 1.53. The van der Waals surface area contributed by atoms with Gasteiger partial charge in [0.05, 0.1) is 5.69 Å². The lowest BCUT2D eigenvalue weighted by Gasteiger charge is -2.07. The highest BCUT2D eigenvalue weighted by Gasteiger charge is 2.06. The van der Waals surface area contributed by atoms with E-state index in [9.17, 15) is 4.79 Å². The van der Waals surface area contributed by atoms with Crippen LogP contribution in [-0.2, 0) is 11.2 Å². The minimum absolute atomic E-state index is 0.0126. The molecule has 0 atom stereocenters. The number of nitrogens with one attached hydrogen (secondary N) is 1. The summed E-state index contributed by atoms with van der Waals surface area (Å²) in [6, 6.07) is 9.47. The minimum Gasteiger partial charge on any atom is -0.484 e. The largest absolute Gasteiger partial charge is 0.484 e. The van der Waals surface area contributed by atoms with E-state index in [1.165, 1.54) is 11.3 Å². The van der Waals surface area contributed by atoms with Crippen LogP contribution in [-0.4, -0.2) is 33.8 Å². The molecule has 0 fully saturated rings. The van der Waals surface area contributed by atoms with E-state index < -0.39 is 0 Å². The van der Waals surface area contributed by atoms with Crippen LogP contribution < -0.4 is 10.1 Å². The molecule has 0 saturated carbocycles. The van der Waals surface area contributed by atoms with Crippen LogP contribution in [0.1, 0.15) is 11.3 Å². The van der Waals surface area contributed by atoms with E-state index in [0.29, 0.717) is 18.7 Å². The van der Waals surface area contributed by atoms with E-state index in [1.807, 2.05) is 48.8 Å². The van der Waals surface area contributed by atoms with Gasteiger partial charge in [-0.25, -0.2) is 9.67 Å². The lowest BCUT2D eigenvalue weighted by Crippen LogP contribution is -2.30. The fourth-order valence-corrected chi connectivity index (χ4v) is 2.86. The molecule has 0 saturated heterocycles. The Labute approximate surface area is 144 Å². The summed E-state index contributed by atoms with van der Waals surface area (Å²) in [6.07, 6.45) is 4.25. The Morgan fingerprint density at radius 2 is 2.17 bits per heavy atom. The minimum atomic E-state index is -0.141. The van der Waals surface area contributed by atoms with Crippen molar-refractivity contribution < 1.29 is 9.53 Å². The second-order valence-corrected chi connectivity index (χ2v) is 6.11. The van der Waals surface area contributed by atoms with Crippen LogP contribution in [0.5, 0.6) is 5.75 Å². The number of carbonyl (C=O) groups excluding carboxylic acids is 1. The Morgan fingerprint density at radius 1 is 1.33 bits per heavy atom. The Bertz CT molecular complexity index is 781. The van der Waals surface area contributed by atoms with E-state index in [2.05, 4.69) is 15.4 Å². The second kappa shape index (κ2) is 7.74. The first-order chi connectivity index (χ1) is 11.7. The molecule has 0 bridgehead atoms. The van der Waals surface area contributed by atoms with E-state index >= 15 is 0 Å². The average molecular weight is 342 g/mol. The van der Waals surface area contributed by atoms with Crippen molar-refractivity contribution in [2.24, 2.45) is 0 Å². The van der Waals surface area contributed by atoms with Crippen LogP contribution in [0.2, 0.25) is 0 Å². The van der Waals surface area contributed by atoms with Crippen LogP contribution in [0.15, 0.2) is 48.1 Å². The van der Waals surface area contributed by atoms with Crippen molar-refractivity contribution in [3.63, 3.8) is 0 Å². The summed E-state index contributed by atoms with van der Waals surface area (Å²) in [7, 11) is 0. The van der Waals surface area contributed by atoms with Gasteiger partial charge in [-0.15, -0.1) is 11.3 Å². The second-order valence-electron chi connectivity index (χ2n) is 5.27. The standard InChI is InChI=1S/C17H18N4O2S/c1-13-3-5-15(6-4-13)23-11-16(22)18-9-7-14-12-24-17(20-14)21-10-2-8-19-21/h2-6,8,10,12H,7,9,11H2,1H3,(H,18,22). The Morgan fingerprint density at radius 3 is 2.92 bits per heavy atom. The number of aromatic nitrogens is 3. The van der Waals surface area contributed by atoms with Gasteiger partial charge in [0.2, 0.25) is 5.13 Å². The Balaban J connectivity index is 1.40. The van der Waals surface area contributed by atoms with E-state index in [1.54, 1.807) is 10.9 Å². The predicted molar refractivity (Wildman–Crippen MR) is 92.6 cm³/mol. The first-order valence-electron chi connectivity index (χ1n) is 7.61. The average Bonchev–Trinajstić information content (AvgIpc) is 3.25. The maximum Gasteiger partial charge on any atom is 0.257 e. The van der Waals surface area contributed by atoms with Crippen LogP contribution in [0.3, 0.4) is 0 Å². The van der Waals surface area contributed by atoms with Crippen LogP contribution in [0.4, 0.5) is 0 Å². The van der Waals surface area contributed by atoms with Crippen molar-refractivity contribution in [2.45, 2.75) is 13.3 Å². The summed E-state index contributed by atoms with van der Waals surface area (Å²) in [5.41, 5.74) is 2.09. The number of benzene rings is 1. The molecule has 124 valence electrons. The first kappa shape index (κ1) is 16.2. The number of thiazole rings is 1. The number of ether oxygens (including phenoxy) is 1. The zero-order valence-electron chi connectivity index (χ0n) is 13.3. The molecule has 0 spiro atoms. The van der Waals surface area contributed by atoms with Gasteiger partial charge >= 0.3 is 0 Å². The smallest absolute Gasteiger partial charge is 0.257 e. The molecule has 0 aliphatic rings. The molecule has 3 aromatic rings. The molecule has 7 heteroatoms. The van der Waals surface area contributed by atoms with Gasteiger partial charge in [-0.3, -0.25) is 4.79 Å².